The normalized spacial score (nSPS) is 10.3. The van der Waals surface area contributed by atoms with E-state index in [0.29, 0.717) is 6.07 Å². The van der Waals surface area contributed by atoms with E-state index in [1.54, 1.807) is 12.1 Å². The zero-order chi connectivity index (χ0) is 14.0. The lowest BCUT2D eigenvalue weighted by molar-refractivity contribution is 0.102. The summed E-state index contributed by atoms with van der Waals surface area (Å²) < 4.78 is 26.5. The predicted octanol–water partition coefficient (Wildman–Crippen LogP) is 2.50. The molecule has 0 saturated heterocycles. The Morgan fingerprint density at radius 1 is 1.26 bits per heavy atom. The van der Waals surface area contributed by atoms with Crippen molar-refractivity contribution >= 4 is 17.4 Å². The van der Waals surface area contributed by atoms with Gasteiger partial charge in [0.25, 0.3) is 5.91 Å². The fourth-order valence-electron chi connectivity index (χ4n) is 1.53. The quantitative estimate of drug-likeness (QED) is 0.818. The molecule has 3 N–H and O–H groups in total. The van der Waals surface area contributed by atoms with Gasteiger partial charge in [0.1, 0.15) is 17.5 Å². The van der Waals surface area contributed by atoms with Crippen LogP contribution >= 0.6 is 0 Å². The van der Waals surface area contributed by atoms with E-state index in [-0.39, 0.29) is 17.1 Å². The Labute approximate surface area is 108 Å². The zero-order valence-electron chi connectivity index (χ0n) is 10.1. The number of pyridine rings is 1. The smallest absolute Gasteiger partial charge is 0.259 e. The molecule has 0 atom stereocenters. The molecular weight excluding hydrogens is 252 g/mol. The molecule has 0 unspecified atom stereocenters. The lowest BCUT2D eigenvalue weighted by Gasteiger charge is -2.07. The number of hydrogen-bond acceptors (Lipinski definition) is 3. The summed E-state index contributed by atoms with van der Waals surface area (Å²) in [6.45, 7) is 1.83. The van der Waals surface area contributed by atoms with Crippen LogP contribution in [0.4, 0.5) is 20.3 Å². The van der Waals surface area contributed by atoms with E-state index in [2.05, 4.69) is 10.3 Å². The second-order valence-corrected chi connectivity index (χ2v) is 4.03. The van der Waals surface area contributed by atoms with E-state index in [9.17, 15) is 13.6 Å². The van der Waals surface area contributed by atoms with Crippen LogP contribution < -0.4 is 11.1 Å². The molecule has 1 aromatic carbocycles. The Hall–Kier alpha value is -2.50. The minimum Gasteiger partial charge on any atom is -0.396 e. The highest BCUT2D eigenvalue weighted by atomic mass is 19.1. The number of halogens is 2. The van der Waals surface area contributed by atoms with Gasteiger partial charge in [0.15, 0.2) is 0 Å². The van der Waals surface area contributed by atoms with Crippen molar-refractivity contribution in [3.63, 3.8) is 0 Å². The van der Waals surface area contributed by atoms with E-state index in [0.717, 1.165) is 11.6 Å². The van der Waals surface area contributed by atoms with E-state index in [4.69, 9.17) is 5.73 Å². The molecule has 0 aliphatic carbocycles. The monoisotopic (exact) mass is 263 g/mol. The minimum atomic E-state index is -0.975. The first-order chi connectivity index (χ1) is 8.97. The van der Waals surface area contributed by atoms with Gasteiger partial charge >= 0.3 is 0 Å². The third kappa shape index (κ3) is 2.85. The second kappa shape index (κ2) is 5.01. The van der Waals surface area contributed by atoms with E-state index >= 15 is 0 Å². The van der Waals surface area contributed by atoms with Gasteiger partial charge < -0.3 is 11.1 Å². The third-order valence-electron chi connectivity index (χ3n) is 2.49. The molecule has 0 aliphatic heterocycles. The molecule has 0 spiro atoms. The number of nitrogens with zero attached hydrogens (tertiary/aromatic N) is 1. The number of aromatic nitrogens is 1. The Kier molecular flexibility index (Phi) is 3.41. The summed E-state index contributed by atoms with van der Waals surface area (Å²) in [4.78, 5) is 15.8. The number of anilines is 2. The highest BCUT2D eigenvalue weighted by Gasteiger charge is 2.15. The maximum atomic E-state index is 13.5. The largest absolute Gasteiger partial charge is 0.396 e. The van der Waals surface area contributed by atoms with E-state index in [1.165, 1.54) is 6.20 Å². The summed E-state index contributed by atoms with van der Waals surface area (Å²) in [5.41, 5.74) is 5.58. The van der Waals surface area contributed by atoms with Crippen LogP contribution in [0, 0.1) is 18.6 Å². The number of amides is 1. The lowest BCUT2D eigenvalue weighted by Crippen LogP contribution is -2.15. The second-order valence-electron chi connectivity index (χ2n) is 4.03. The SMILES string of the molecule is Cc1ccnc(NC(=O)c2cc(N)c(F)cc2F)c1. The van der Waals surface area contributed by atoms with E-state index in [1.807, 2.05) is 6.92 Å². The van der Waals surface area contributed by atoms with Gasteiger partial charge in [-0.2, -0.15) is 0 Å². The van der Waals surface area contributed by atoms with Crippen LogP contribution in [-0.2, 0) is 0 Å². The van der Waals surface area contributed by atoms with Gasteiger partial charge in [-0.05, 0) is 30.7 Å². The Balaban J connectivity index is 2.28. The number of carbonyl (C=O) groups is 1. The average Bonchev–Trinajstić information content (AvgIpc) is 2.33. The molecule has 98 valence electrons. The molecular formula is C13H11F2N3O. The molecule has 4 nitrogen and oxygen atoms in total. The molecule has 1 aromatic heterocycles. The van der Waals surface area contributed by atoms with Crippen molar-refractivity contribution in [2.75, 3.05) is 11.1 Å². The molecule has 0 aliphatic rings. The van der Waals surface area contributed by atoms with Crippen LogP contribution in [0.3, 0.4) is 0 Å². The summed E-state index contributed by atoms with van der Waals surface area (Å²) in [5, 5.41) is 2.42. The Bertz CT molecular complexity index is 644. The summed E-state index contributed by atoms with van der Waals surface area (Å²) >= 11 is 0. The highest BCUT2D eigenvalue weighted by molar-refractivity contribution is 6.04. The lowest BCUT2D eigenvalue weighted by atomic mass is 10.1. The molecule has 1 heterocycles. The Morgan fingerprint density at radius 2 is 2.00 bits per heavy atom. The number of nitrogens with one attached hydrogen (secondary N) is 1. The number of rotatable bonds is 2. The number of nitrogens with two attached hydrogens (primary N) is 1. The maximum Gasteiger partial charge on any atom is 0.259 e. The maximum absolute atomic E-state index is 13.5. The van der Waals surface area contributed by atoms with Crippen LogP contribution in [0.2, 0.25) is 0 Å². The van der Waals surface area contributed by atoms with Crippen molar-refractivity contribution in [3.05, 3.63) is 53.2 Å². The average molecular weight is 263 g/mol. The van der Waals surface area contributed by atoms with Crippen molar-refractivity contribution in [2.24, 2.45) is 0 Å². The van der Waals surface area contributed by atoms with E-state index < -0.39 is 17.5 Å². The molecule has 0 radical (unpaired) electrons. The van der Waals surface area contributed by atoms with Gasteiger partial charge in [-0.15, -0.1) is 0 Å². The zero-order valence-corrected chi connectivity index (χ0v) is 10.1. The Morgan fingerprint density at radius 3 is 2.68 bits per heavy atom. The number of hydrogen-bond donors (Lipinski definition) is 2. The molecule has 0 bridgehead atoms. The molecule has 0 saturated carbocycles. The summed E-state index contributed by atoms with van der Waals surface area (Å²) in [6, 6.07) is 4.92. The first kappa shape index (κ1) is 12.9. The molecule has 1 amide bonds. The molecule has 2 aromatic rings. The standard InChI is InChI=1S/C13H11F2N3O/c1-7-2-3-17-12(4-7)18-13(19)8-5-11(16)10(15)6-9(8)14/h2-6H,16H2,1H3,(H,17,18,19). The van der Waals surface area contributed by atoms with Crippen LogP contribution in [0.5, 0.6) is 0 Å². The fourth-order valence-corrected chi connectivity index (χ4v) is 1.53. The van der Waals surface area contributed by atoms with Crippen LogP contribution in [-0.4, -0.2) is 10.9 Å². The van der Waals surface area contributed by atoms with Gasteiger partial charge in [0.05, 0.1) is 11.3 Å². The third-order valence-corrected chi connectivity index (χ3v) is 2.49. The first-order valence-corrected chi connectivity index (χ1v) is 5.46. The minimum absolute atomic E-state index is 0.285. The first-order valence-electron chi connectivity index (χ1n) is 5.46. The van der Waals surface area contributed by atoms with Gasteiger partial charge in [0.2, 0.25) is 0 Å². The molecule has 6 heteroatoms. The van der Waals surface area contributed by atoms with Crippen molar-refractivity contribution in [3.8, 4) is 0 Å². The summed E-state index contributed by atoms with van der Waals surface area (Å²) in [6.07, 6.45) is 1.51. The van der Waals surface area contributed by atoms with Crippen molar-refractivity contribution in [1.29, 1.82) is 0 Å². The van der Waals surface area contributed by atoms with Gasteiger partial charge in [-0.25, -0.2) is 13.8 Å². The molecule has 2 rings (SSSR count). The number of nitrogen functional groups attached to an aromatic ring is 1. The van der Waals surface area contributed by atoms with Gasteiger partial charge in [0, 0.05) is 12.3 Å². The summed E-state index contributed by atoms with van der Waals surface area (Å²) in [7, 11) is 0. The number of carbonyl (C=O) groups excluding carboxylic acids is 1. The predicted molar refractivity (Wildman–Crippen MR) is 67.7 cm³/mol. The number of benzene rings is 1. The molecule has 19 heavy (non-hydrogen) atoms. The fraction of sp³-hybridized carbons (Fsp3) is 0.0769. The van der Waals surface area contributed by atoms with Gasteiger partial charge in [-0.1, -0.05) is 0 Å². The summed E-state index contributed by atoms with van der Waals surface area (Å²) in [5.74, 6) is -2.32. The van der Waals surface area contributed by atoms with Crippen molar-refractivity contribution in [2.45, 2.75) is 6.92 Å². The number of aryl methyl sites for hydroxylation is 1. The van der Waals surface area contributed by atoms with Crippen LogP contribution in [0.15, 0.2) is 30.5 Å². The van der Waals surface area contributed by atoms with Crippen LogP contribution in [0.1, 0.15) is 15.9 Å². The van der Waals surface area contributed by atoms with Crippen LogP contribution in [0.25, 0.3) is 0 Å². The van der Waals surface area contributed by atoms with Crippen molar-refractivity contribution in [1.82, 2.24) is 4.98 Å². The van der Waals surface area contributed by atoms with Crippen molar-refractivity contribution < 1.29 is 13.6 Å². The van der Waals surface area contributed by atoms with Gasteiger partial charge in [-0.3, -0.25) is 4.79 Å². The molecule has 0 fully saturated rings. The highest BCUT2D eigenvalue weighted by Crippen LogP contribution is 2.18. The topological polar surface area (TPSA) is 68.0 Å².